The summed E-state index contributed by atoms with van der Waals surface area (Å²) in [7, 11) is -0.970. The second-order valence-electron chi connectivity index (χ2n) is 5.90. The van der Waals surface area contributed by atoms with Crippen LogP contribution in [0, 0.1) is 5.82 Å². The van der Waals surface area contributed by atoms with Gasteiger partial charge in [-0.3, -0.25) is 4.79 Å². The van der Waals surface area contributed by atoms with Gasteiger partial charge in [0.2, 0.25) is 10.0 Å². The Hall–Kier alpha value is -1.51. The van der Waals surface area contributed by atoms with Gasteiger partial charge in [-0.1, -0.05) is 0 Å². The predicted octanol–water partition coefficient (Wildman–Crippen LogP) is 1.33. The largest absolute Gasteiger partial charge is 0.372 e. The molecule has 1 amide bonds. The highest BCUT2D eigenvalue weighted by atomic mass is 32.2. The van der Waals surface area contributed by atoms with Crippen LogP contribution in [0.5, 0.6) is 0 Å². The molecule has 0 bridgehead atoms. The van der Waals surface area contributed by atoms with Crippen molar-refractivity contribution >= 4 is 15.9 Å². The average molecular weight is 344 g/mol. The van der Waals surface area contributed by atoms with E-state index in [1.165, 1.54) is 19.0 Å². The first-order valence-electron chi connectivity index (χ1n) is 7.29. The number of hydrogen-bond donors (Lipinski definition) is 0. The van der Waals surface area contributed by atoms with Crippen LogP contribution in [0.15, 0.2) is 23.1 Å². The zero-order valence-corrected chi connectivity index (χ0v) is 14.4. The third-order valence-corrected chi connectivity index (χ3v) is 5.46. The quantitative estimate of drug-likeness (QED) is 0.830. The molecule has 1 saturated heterocycles. The van der Waals surface area contributed by atoms with Crippen molar-refractivity contribution in [3.8, 4) is 0 Å². The molecule has 0 spiro atoms. The van der Waals surface area contributed by atoms with Crippen LogP contribution in [-0.2, 0) is 14.8 Å². The maximum absolute atomic E-state index is 14.1. The minimum atomic E-state index is -3.73. The van der Waals surface area contributed by atoms with E-state index in [0.29, 0.717) is 13.1 Å². The highest BCUT2D eigenvalue weighted by Gasteiger charge is 2.29. The van der Waals surface area contributed by atoms with Crippen molar-refractivity contribution in [1.82, 2.24) is 9.21 Å². The summed E-state index contributed by atoms with van der Waals surface area (Å²) in [5.41, 5.74) is -0.241. The molecule has 1 aliphatic rings. The van der Waals surface area contributed by atoms with Gasteiger partial charge in [-0.05, 0) is 32.0 Å². The first-order chi connectivity index (χ1) is 10.6. The van der Waals surface area contributed by atoms with Gasteiger partial charge in [0.15, 0.2) is 0 Å². The molecule has 1 fully saturated rings. The molecule has 128 valence electrons. The van der Waals surface area contributed by atoms with E-state index in [1.54, 1.807) is 0 Å². The Morgan fingerprint density at radius 2 is 1.83 bits per heavy atom. The number of hydrogen-bond acceptors (Lipinski definition) is 4. The van der Waals surface area contributed by atoms with Crippen LogP contribution in [0.3, 0.4) is 0 Å². The van der Waals surface area contributed by atoms with E-state index >= 15 is 0 Å². The van der Waals surface area contributed by atoms with Gasteiger partial charge < -0.3 is 9.64 Å². The van der Waals surface area contributed by atoms with Crippen molar-refractivity contribution in [2.45, 2.75) is 31.0 Å². The van der Waals surface area contributed by atoms with E-state index in [-0.39, 0.29) is 22.7 Å². The van der Waals surface area contributed by atoms with Gasteiger partial charge in [-0.15, -0.1) is 0 Å². The molecule has 0 aliphatic carbocycles. The van der Waals surface area contributed by atoms with E-state index in [9.17, 15) is 17.6 Å². The number of sulfonamides is 1. The minimum Gasteiger partial charge on any atom is -0.372 e. The minimum absolute atomic E-state index is 0.110. The van der Waals surface area contributed by atoms with E-state index in [0.717, 1.165) is 22.5 Å². The van der Waals surface area contributed by atoms with Gasteiger partial charge in [0.1, 0.15) is 5.82 Å². The van der Waals surface area contributed by atoms with Crippen LogP contribution < -0.4 is 0 Å². The lowest BCUT2D eigenvalue weighted by Gasteiger charge is -2.35. The first-order valence-corrected chi connectivity index (χ1v) is 8.73. The van der Waals surface area contributed by atoms with Crippen molar-refractivity contribution in [3.05, 3.63) is 29.6 Å². The fraction of sp³-hybridized carbons (Fsp3) is 0.533. The van der Waals surface area contributed by atoms with Crippen LogP contribution in [-0.4, -0.2) is 62.9 Å². The van der Waals surface area contributed by atoms with E-state index < -0.39 is 21.7 Å². The van der Waals surface area contributed by atoms with Crippen LogP contribution in [0.1, 0.15) is 24.2 Å². The van der Waals surface area contributed by atoms with E-state index in [2.05, 4.69) is 0 Å². The van der Waals surface area contributed by atoms with Crippen LogP contribution in [0.25, 0.3) is 0 Å². The summed E-state index contributed by atoms with van der Waals surface area (Å²) in [5.74, 6) is -1.26. The van der Waals surface area contributed by atoms with Gasteiger partial charge in [0.25, 0.3) is 5.91 Å². The molecule has 0 saturated carbocycles. The SMILES string of the molecule is C[C@@H]1CN(C(=O)c2cc(S(=O)(=O)N(C)C)ccc2F)C[C@@H](C)O1. The van der Waals surface area contributed by atoms with Gasteiger partial charge in [-0.2, -0.15) is 0 Å². The number of carbonyl (C=O) groups excluding carboxylic acids is 1. The third-order valence-electron chi connectivity index (χ3n) is 3.65. The van der Waals surface area contributed by atoms with Crippen molar-refractivity contribution in [1.29, 1.82) is 0 Å². The molecule has 0 aromatic heterocycles. The number of benzene rings is 1. The number of halogens is 1. The van der Waals surface area contributed by atoms with E-state index in [4.69, 9.17) is 4.74 Å². The normalized spacial score (nSPS) is 22.4. The molecule has 8 heteroatoms. The summed E-state index contributed by atoms with van der Waals surface area (Å²) in [6.45, 7) is 4.35. The lowest BCUT2D eigenvalue weighted by Crippen LogP contribution is -2.48. The fourth-order valence-electron chi connectivity index (χ4n) is 2.55. The number of amides is 1. The summed E-state index contributed by atoms with van der Waals surface area (Å²) >= 11 is 0. The first kappa shape index (κ1) is 17.8. The number of rotatable bonds is 3. The highest BCUT2D eigenvalue weighted by molar-refractivity contribution is 7.89. The lowest BCUT2D eigenvalue weighted by molar-refractivity contribution is -0.0587. The van der Waals surface area contributed by atoms with Gasteiger partial charge in [0, 0.05) is 27.2 Å². The van der Waals surface area contributed by atoms with Crippen LogP contribution >= 0.6 is 0 Å². The molecule has 0 N–H and O–H groups in total. The van der Waals surface area contributed by atoms with Gasteiger partial charge in [0.05, 0.1) is 22.7 Å². The van der Waals surface area contributed by atoms with Crippen LogP contribution in [0.2, 0.25) is 0 Å². The fourth-order valence-corrected chi connectivity index (χ4v) is 3.48. The smallest absolute Gasteiger partial charge is 0.257 e. The van der Waals surface area contributed by atoms with Crippen molar-refractivity contribution in [3.63, 3.8) is 0 Å². The highest BCUT2D eigenvalue weighted by Crippen LogP contribution is 2.21. The standard InChI is InChI=1S/C15H21FN2O4S/c1-10-8-18(9-11(2)22-10)15(19)13-7-12(5-6-14(13)16)23(20,21)17(3)4/h5-7,10-11H,8-9H2,1-4H3/t10-,11-/m1/s1. The number of nitrogens with zero attached hydrogens (tertiary/aromatic N) is 2. The Balaban J connectivity index is 2.37. The van der Waals surface area contributed by atoms with Crippen molar-refractivity contribution < 1.29 is 22.3 Å². The molecular formula is C15H21FN2O4S. The summed E-state index contributed by atoms with van der Waals surface area (Å²) < 4.78 is 45.0. The predicted molar refractivity (Wildman–Crippen MR) is 83.2 cm³/mol. The zero-order valence-electron chi connectivity index (χ0n) is 13.6. The van der Waals surface area contributed by atoms with E-state index in [1.807, 2.05) is 13.8 Å². The Morgan fingerprint density at radius 1 is 1.26 bits per heavy atom. The summed E-state index contributed by atoms with van der Waals surface area (Å²) in [6.07, 6.45) is -0.307. The topological polar surface area (TPSA) is 66.9 Å². The monoisotopic (exact) mass is 344 g/mol. The van der Waals surface area contributed by atoms with Crippen LogP contribution in [0.4, 0.5) is 4.39 Å². The number of carbonyl (C=O) groups is 1. The molecule has 0 radical (unpaired) electrons. The number of morpholine rings is 1. The lowest BCUT2D eigenvalue weighted by atomic mass is 10.1. The Morgan fingerprint density at radius 3 is 2.35 bits per heavy atom. The van der Waals surface area contributed by atoms with Gasteiger partial charge >= 0.3 is 0 Å². The Kier molecular flexibility index (Phi) is 5.07. The van der Waals surface area contributed by atoms with Crippen molar-refractivity contribution in [2.24, 2.45) is 0 Å². The maximum Gasteiger partial charge on any atom is 0.257 e. The third kappa shape index (κ3) is 3.70. The zero-order chi connectivity index (χ0) is 17.4. The van der Waals surface area contributed by atoms with Gasteiger partial charge in [-0.25, -0.2) is 17.1 Å². The average Bonchev–Trinajstić information content (AvgIpc) is 2.45. The summed E-state index contributed by atoms with van der Waals surface area (Å²) in [6, 6.07) is 3.26. The molecule has 1 aliphatic heterocycles. The second-order valence-corrected chi connectivity index (χ2v) is 8.05. The Labute approximate surface area is 135 Å². The second kappa shape index (κ2) is 6.54. The molecule has 23 heavy (non-hydrogen) atoms. The number of ether oxygens (including phenoxy) is 1. The van der Waals surface area contributed by atoms with Crippen molar-refractivity contribution in [2.75, 3.05) is 27.2 Å². The molecule has 6 nitrogen and oxygen atoms in total. The molecule has 1 heterocycles. The molecule has 2 atom stereocenters. The summed E-state index contributed by atoms with van der Waals surface area (Å²) in [4.78, 5) is 14.0. The molecule has 1 aromatic rings. The molecule has 0 unspecified atom stereocenters. The summed E-state index contributed by atoms with van der Waals surface area (Å²) in [5, 5.41) is 0. The molecule has 2 rings (SSSR count). The molecule has 1 aromatic carbocycles. The molecular weight excluding hydrogens is 323 g/mol. The maximum atomic E-state index is 14.1. The Bertz CT molecular complexity index is 695.